The summed E-state index contributed by atoms with van der Waals surface area (Å²) in [5.74, 6) is 2.11. The molecule has 0 radical (unpaired) electrons. The zero-order chi connectivity index (χ0) is 26.3. The predicted octanol–water partition coefficient (Wildman–Crippen LogP) is 5.68. The molecule has 4 aromatic rings. The number of carbonyl (C=O) groups excluding carboxylic acids is 1. The summed E-state index contributed by atoms with van der Waals surface area (Å²) in [7, 11) is 1.67. The van der Waals surface area contributed by atoms with Gasteiger partial charge in [0.1, 0.15) is 18.4 Å². The molecule has 0 unspecified atom stereocenters. The van der Waals surface area contributed by atoms with E-state index in [1.807, 2.05) is 49.5 Å². The molecule has 3 N–H and O–H groups in total. The average Bonchev–Trinajstić information content (AvgIpc) is 3.24. The van der Waals surface area contributed by atoms with Crippen LogP contribution in [0.5, 0.6) is 0 Å². The van der Waals surface area contributed by atoms with Crippen LogP contribution >= 0.6 is 0 Å². The first-order valence-electron chi connectivity index (χ1n) is 12.0. The number of methoxy groups -OCH3 is 1. The van der Waals surface area contributed by atoms with E-state index in [2.05, 4.69) is 63.4 Å². The van der Waals surface area contributed by atoms with Gasteiger partial charge in [0.2, 0.25) is 0 Å². The van der Waals surface area contributed by atoms with E-state index in [0.29, 0.717) is 5.82 Å². The molecular formula is C30H26N6O2. The van der Waals surface area contributed by atoms with Crippen molar-refractivity contribution < 1.29 is 9.53 Å². The van der Waals surface area contributed by atoms with E-state index in [4.69, 9.17) is 19.5 Å². The van der Waals surface area contributed by atoms with Crippen LogP contribution in [-0.2, 0) is 9.53 Å². The summed E-state index contributed by atoms with van der Waals surface area (Å²) >= 11 is 0. The van der Waals surface area contributed by atoms with Gasteiger partial charge in [0.25, 0.3) is 0 Å². The molecule has 8 nitrogen and oxygen atoms in total. The Balaban J connectivity index is 0.00000144. The van der Waals surface area contributed by atoms with Gasteiger partial charge in [0, 0.05) is 59.2 Å². The van der Waals surface area contributed by atoms with Crippen LogP contribution in [0.15, 0.2) is 97.3 Å². The minimum Gasteiger partial charge on any atom is -0.497 e. The molecule has 0 atom stereocenters. The fourth-order valence-electron chi connectivity index (χ4n) is 4.26. The fraction of sp³-hybridized carbons (Fsp3) is 0.0667. The molecule has 0 amide bonds. The second kappa shape index (κ2) is 11.2. The number of nitrogens with one attached hydrogen (secondary N) is 3. The van der Waals surface area contributed by atoms with Crippen molar-refractivity contribution in [1.82, 2.24) is 20.3 Å². The highest BCUT2D eigenvalue weighted by Crippen LogP contribution is 2.32. The molecule has 0 bridgehead atoms. The molecule has 2 aromatic heterocycles. The SMILES string of the molecule is C=O.COC1=CC(c2ccc3nc(-c4cccnc4)nc(Nc4ccc5c(c4)NCC=C5)c3c2)=CNC=C1. The monoisotopic (exact) mass is 502 g/mol. The molecule has 38 heavy (non-hydrogen) atoms. The highest BCUT2D eigenvalue weighted by molar-refractivity contribution is 5.95. The van der Waals surface area contributed by atoms with Crippen LogP contribution in [0, 0.1) is 0 Å². The highest BCUT2D eigenvalue weighted by atomic mass is 16.5. The summed E-state index contributed by atoms with van der Waals surface area (Å²) in [6, 6.07) is 16.3. The smallest absolute Gasteiger partial charge is 0.163 e. The largest absolute Gasteiger partial charge is 0.497 e. The maximum Gasteiger partial charge on any atom is 0.163 e. The number of ether oxygens (including phenoxy) is 1. The zero-order valence-electron chi connectivity index (χ0n) is 20.8. The van der Waals surface area contributed by atoms with Crippen molar-refractivity contribution in [2.24, 2.45) is 0 Å². The lowest BCUT2D eigenvalue weighted by Crippen LogP contribution is -2.05. The summed E-state index contributed by atoms with van der Waals surface area (Å²) in [5, 5.41) is 11.1. The molecule has 4 heterocycles. The number of rotatable bonds is 5. The number of anilines is 3. The van der Waals surface area contributed by atoms with Gasteiger partial charge < -0.3 is 25.5 Å². The number of hydrogen-bond donors (Lipinski definition) is 3. The van der Waals surface area contributed by atoms with Gasteiger partial charge in [0.05, 0.1) is 12.6 Å². The molecule has 0 saturated heterocycles. The molecule has 0 saturated carbocycles. The number of fused-ring (bicyclic) bond motifs is 2. The maximum atomic E-state index is 8.00. The van der Waals surface area contributed by atoms with Gasteiger partial charge >= 0.3 is 0 Å². The number of hydrogen-bond acceptors (Lipinski definition) is 8. The van der Waals surface area contributed by atoms with E-state index >= 15 is 0 Å². The molecule has 0 spiro atoms. The van der Waals surface area contributed by atoms with Crippen molar-refractivity contribution in [3.8, 4) is 11.4 Å². The van der Waals surface area contributed by atoms with Crippen molar-refractivity contribution in [1.29, 1.82) is 0 Å². The quantitative estimate of drug-likeness (QED) is 0.321. The van der Waals surface area contributed by atoms with E-state index in [-0.39, 0.29) is 0 Å². The van der Waals surface area contributed by atoms with Crippen molar-refractivity contribution in [3.05, 3.63) is 108 Å². The first-order chi connectivity index (χ1) is 18.8. The van der Waals surface area contributed by atoms with Crippen LogP contribution in [0.3, 0.4) is 0 Å². The first-order valence-corrected chi connectivity index (χ1v) is 12.0. The minimum atomic E-state index is 0.617. The Hall–Kier alpha value is -5.24. The lowest BCUT2D eigenvalue weighted by molar-refractivity contribution is -0.0979. The van der Waals surface area contributed by atoms with Crippen molar-refractivity contribution in [2.75, 3.05) is 24.3 Å². The molecular weight excluding hydrogens is 476 g/mol. The van der Waals surface area contributed by atoms with Crippen molar-refractivity contribution in [3.63, 3.8) is 0 Å². The van der Waals surface area contributed by atoms with E-state index < -0.39 is 0 Å². The Kier molecular flexibility index (Phi) is 7.22. The van der Waals surface area contributed by atoms with Gasteiger partial charge in [-0.25, -0.2) is 9.97 Å². The fourth-order valence-corrected chi connectivity index (χ4v) is 4.26. The molecule has 188 valence electrons. The number of aromatic nitrogens is 3. The second-order valence-electron chi connectivity index (χ2n) is 8.43. The van der Waals surface area contributed by atoms with Gasteiger partial charge in [-0.05, 0) is 59.7 Å². The third-order valence-electron chi connectivity index (χ3n) is 6.09. The molecule has 2 aromatic carbocycles. The average molecular weight is 503 g/mol. The topological polar surface area (TPSA) is 101 Å². The van der Waals surface area contributed by atoms with E-state index in [0.717, 1.165) is 57.1 Å². The molecule has 2 aliphatic rings. The Morgan fingerprint density at radius 3 is 2.79 bits per heavy atom. The third-order valence-corrected chi connectivity index (χ3v) is 6.09. The van der Waals surface area contributed by atoms with Gasteiger partial charge in [0.15, 0.2) is 5.82 Å². The van der Waals surface area contributed by atoms with Gasteiger partial charge in [-0.3, -0.25) is 4.98 Å². The summed E-state index contributed by atoms with van der Waals surface area (Å²) in [5.41, 5.74) is 6.91. The number of benzene rings is 2. The van der Waals surface area contributed by atoms with Crippen LogP contribution in [0.1, 0.15) is 11.1 Å². The van der Waals surface area contributed by atoms with Gasteiger partial charge in [-0.2, -0.15) is 0 Å². The lowest BCUT2D eigenvalue weighted by Gasteiger charge is -2.16. The lowest BCUT2D eigenvalue weighted by atomic mass is 10.0. The molecule has 0 fully saturated rings. The van der Waals surface area contributed by atoms with Crippen LogP contribution in [-0.4, -0.2) is 35.4 Å². The van der Waals surface area contributed by atoms with E-state index in [1.165, 1.54) is 5.56 Å². The number of nitrogens with zero attached hydrogens (tertiary/aromatic N) is 3. The molecule has 0 aliphatic carbocycles. The summed E-state index contributed by atoms with van der Waals surface area (Å²) in [4.78, 5) is 22.0. The molecule has 8 heteroatoms. The first kappa shape index (κ1) is 24.5. The minimum absolute atomic E-state index is 0.617. The van der Waals surface area contributed by atoms with Crippen molar-refractivity contribution >= 4 is 46.5 Å². The Morgan fingerprint density at radius 2 is 1.95 bits per heavy atom. The number of allylic oxidation sites excluding steroid dienone is 3. The summed E-state index contributed by atoms with van der Waals surface area (Å²) < 4.78 is 5.46. The van der Waals surface area contributed by atoms with E-state index in [1.54, 1.807) is 19.5 Å². The summed E-state index contributed by atoms with van der Waals surface area (Å²) in [6.07, 6.45) is 15.5. The van der Waals surface area contributed by atoms with Crippen LogP contribution < -0.4 is 16.0 Å². The Bertz CT molecular complexity index is 1590. The van der Waals surface area contributed by atoms with Crippen LogP contribution in [0.2, 0.25) is 0 Å². The zero-order valence-corrected chi connectivity index (χ0v) is 20.8. The Morgan fingerprint density at radius 1 is 1.03 bits per heavy atom. The second-order valence-corrected chi connectivity index (χ2v) is 8.43. The van der Waals surface area contributed by atoms with Crippen molar-refractivity contribution in [2.45, 2.75) is 0 Å². The number of pyridine rings is 1. The van der Waals surface area contributed by atoms with E-state index in [9.17, 15) is 0 Å². The predicted molar refractivity (Wildman–Crippen MR) is 152 cm³/mol. The molecule has 6 rings (SSSR count). The van der Waals surface area contributed by atoms with Crippen LogP contribution in [0.4, 0.5) is 17.2 Å². The van der Waals surface area contributed by atoms with Crippen LogP contribution in [0.25, 0.3) is 33.9 Å². The molecule has 2 aliphatic heterocycles. The third kappa shape index (κ3) is 5.15. The standard InChI is InChI=1S/C29H24N6O.CH2O/c1-36-24-10-13-31-18-22(14-24)20-7-9-26-25(15-20)29(35-28(34-26)21-5-2-11-30-17-21)33-23-8-6-19-4-3-12-32-27(19)16-23;1-2/h2-11,13-18,31-32H,12H2,1H3,(H,33,34,35);1H2. The number of carbonyl (C=O) groups is 1. The van der Waals surface area contributed by atoms with Gasteiger partial charge in [-0.15, -0.1) is 0 Å². The normalized spacial score (nSPS) is 13.5. The van der Waals surface area contributed by atoms with Gasteiger partial charge in [-0.1, -0.05) is 24.3 Å². The Labute approximate surface area is 220 Å². The highest BCUT2D eigenvalue weighted by Gasteiger charge is 2.14. The maximum absolute atomic E-state index is 8.00. The summed E-state index contributed by atoms with van der Waals surface area (Å²) in [6.45, 7) is 2.82.